The molecule has 0 saturated carbocycles. The second-order valence-corrected chi connectivity index (χ2v) is 5.41. The Morgan fingerprint density at radius 2 is 2.00 bits per heavy atom. The molecule has 2 heterocycles. The van der Waals surface area contributed by atoms with E-state index in [1.807, 2.05) is 54.6 Å². The summed E-state index contributed by atoms with van der Waals surface area (Å²) in [6, 6.07) is 17.1. The molecule has 0 spiro atoms. The Hall–Kier alpha value is -2.01. The van der Waals surface area contributed by atoms with Crippen molar-refractivity contribution in [1.82, 2.24) is 10.3 Å². The SMILES string of the molecule is Cl.Clc1cccc(-c2ccc(CNCCOc3ccccn3)o2)c1. The van der Waals surface area contributed by atoms with E-state index in [-0.39, 0.29) is 12.4 Å². The number of furan rings is 1. The molecule has 24 heavy (non-hydrogen) atoms. The summed E-state index contributed by atoms with van der Waals surface area (Å²) in [5, 5.41) is 3.97. The fourth-order valence-corrected chi connectivity index (χ4v) is 2.33. The van der Waals surface area contributed by atoms with Crippen LogP contribution in [0.25, 0.3) is 11.3 Å². The first-order valence-corrected chi connectivity index (χ1v) is 7.78. The van der Waals surface area contributed by atoms with Crippen LogP contribution in [0.5, 0.6) is 5.88 Å². The fourth-order valence-electron chi connectivity index (χ4n) is 2.14. The molecule has 0 amide bonds. The van der Waals surface area contributed by atoms with E-state index in [0.717, 1.165) is 17.1 Å². The second-order valence-electron chi connectivity index (χ2n) is 4.97. The van der Waals surface area contributed by atoms with Gasteiger partial charge in [-0.25, -0.2) is 4.98 Å². The van der Waals surface area contributed by atoms with Crippen LogP contribution in [0.15, 0.2) is 65.2 Å². The van der Waals surface area contributed by atoms with Crippen LogP contribution in [0.2, 0.25) is 5.02 Å². The minimum Gasteiger partial charge on any atom is -0.476 e. The predicted molar refractivity (Wildman–Crippen MR) is 97.8 cm³/mol. The molecule has 126 valence electrons. The van der Waals surface area contributed by atoms with Crippen molar-refractivity contribution >= 4 is 24.0 Å². The highest BCUT2D eigenvalue weighted by atomic mass is 35.5. The largest absolute Gasteiger partial charge is 0.476 e. The van der Waals surface area contributed by atoms with E-state index in [1.165, 1.54) is 0 Å². The molecule has 0 unspecified atom stereocenters. The third kappa shape index (κ3) is 5.27. The fraction of sp³-hybridized carbons (Fsp3) is 0.167. The van der Waals surface area contributed by atoms with Crippen LogP contribution in [-0.2, 0) is 6.54 Å². The maximum Gasteiger partial charge on any atom is 0.213 e. The molecule has 3 rings (SSSR count). The number of nitrogens with one attached hydrogen (secondary N) is 1. The van der Waals surface area contributed by atoms with Crippen LogP contribution in [0, 0.1) is 0 Å². The lowest BCUT2D eigenvalue weighted by molar-refractivity contribution is 0.300. The Bertz CT molecular complexity index is 748. The van der Waals surface area contributed by atoms with Gasteiger partial charge < -0.3 is 14.5 Å². The third-order valence-corrected chi connectivity index (χ3v) is 3.47. The monoisotopic (exact) mass is 364 g/mol. The topological polar surface area (TPSA) is 47.3 Å². The molecule has 0 fully saturated rings. The van der Waals surface area contributed by atoms with Gasteiger partial charge in [0, 0.05) is 29.4 Å². The molecule has 0 bridgehead atoms. The molecular formula is C18H18Cl2N2O2. The maximum atomic E-state index is 6.00. The van der Waals surface area contributed by atoms with E-state index < -0.39 is 0 Å². The average Bonchev–Trinajstić information content (AvgIpc) is 3.04. The predicted octanol–water partition coefficient (Wildman–Crippen LogP) is 4.59. The van der Waals surface area contributed by atoms with Gasteiger partial charge in [0.05, 0.1) is 6.54 Å². The van der Waals surface area contributed by atoms with Crippen molar-refractivity contribution in [2.75, 3.05) is 13.2 Å². The minimum atomic E-state index is 0. The Morgan fingerprint density at radius 1 is 1.08 bits per heavy atom. The van der Waals surface area contributed by atoms with Crippen molar-refractivity contribution in [3.8, 4) is 17.2 Å². The number of pyridine rings is 1. The smallest absolute Gasteiger partial charge is 0.213 e. The lowest BCUT2D eigenvalue weighted by Gasteiger charge is -2.05. The van der Waals surface area contributed by atoms with E-state index in [4.69, 9.17) is 20.8 Å². The first kappa shape index (κ1) is 18.3. The summed E-state index contributed by atoms with van der Waals surface area (Å²) in [5.74, 6) is 2.32. The van der Waals surface area contributed by atoms with Gasteiger partial charge in [0.25, 0.3) is 0 Å². The van der Waals surface area contributed by atoms with Crippen LogP contribution in [0.4, 0.5) is 0 Å². The van der Waals surface area contributed by atoms with Crippen molar-refractivity contribution in [3.05, 3.63) is 71.6 Å². The van der Waals surface area contributed by atoms with Gasteiger partial charge in [-0.05, 0) is 30.3 Å². The van der Waals surface area contributed by atoms with E-state index in [0.29, 0.717) is 30.6 Å². The molecular weight excluding hydrogens is 347 g/mol. The van der Waals surface area contributed by atoms with Gasteiger partial charge in [-0.3, -0.25) is 0 Å². The first-order valence-electron chi connectivity index (χ1n) is 7.40. The quantitative estimate of drug-likeness (QED) is 0.623. The van der Waals surface area contributed by atoms with Crippen molar-refractivity contribution in [1.29, 1.82) is 0 Å². The van der Waals surface area contributed by atoms with E-state index >= 15 is 0 Å². The highest BCUT2D eigenvalue weighted by molar-refractivity contribution is 6.30. The number of aromatic nitrogens is 1. The van der Waals surface area contributed by atoms with Gasteiger partial charge in [0.15, 0.2) is 0 Å². The van der Waals surface area contributed by atoms with E-state index in [2.05, 4.69) is 10.3 Å². The normalized spacial score (nSPS) is 10.2. The molecule has 3 aromatic rings. The lowest BCUT2D eigenvalue weighted by Crippen LogP contribution is -2.20. The maximum absolute atomic E-state index is 6.00. The molecule has 0 aliphatic carbocycles. The van der Waals surface area contributed by atoms with Gasteiger partial charge in [-0.1, -0.05) is 29.8 Å². The molecule has 6 heteroatoms. The molecule has 4 nitrogen and oxygen atoms in total. The van der Waals surface area contributed by atoms with Crippen molar-refractivity contribution in [3.63, 3.8) is 0 Å². The number of benzene rings is 1. The van der Waals surface area contributed by atoms with Crippen LogP contribution in [0.1, 0.15) is 5.76 Å². The van der Waals surface area contributed by atoms with Crippen LogP contribution >= 0.6 is 24.0 Å². The Morgan fingerprint density at radius 3 is 2.79 bits per heavy atom. The molecule has 1 N–H and O–H groups in total. The standard InChI is InChI=1S/C18H17ClN2O2.ClH/c19-15-5-3-4-14(12-15)17-8-7-16(23-17)13-20-10-11-22-18-6-1-2-9-21-18;/h1-9,12,20H,10-11,13H2;1H. The number of hydrogen-bond acceptors (Lipinski definition) is 4. The average molecular weight is 365 g/mol. The zero-order valence-electron chi connectivity index (χ0n) is 12.9. The van der Waals surface area contributed by atoms with Gasteiger partial charge in [-0.2, -0.15) is 0 Å². The summed E-state index contributed by atoms with van der Waals surface area (Å²) in [6.45, 7) is 1.91. The summed E-state index contributed by atoms with van der Waals surface area (Å²) in [5.41, 5.74) is 0.974. The van der Waals surface area contributed by atoms with Gasteiger partial charge in [0.1, 0.15) is 18.1 Å². The number of halogens is 2. The van der Waals surface area contributed by atoms with Gasteiger partial charge >= 0.3 is 0 Å². The summed E-state index contributed by atoms with van der Waals surface area (Å²) < 4.78 is 11.3. The molecule has 0 aliphatic rings. The van der Waals surface area contributed by atoms with Gasteiger partial charge in [-0.15, -0.1) is 12.4 Å². The zero-order chi connectivity index (χ0) is 15.9. The number of rotatable bonds is 7. The Kier molecular flexibility index (Phi) is 7.12. The van der Waals surface area contributed by atoms with Crippen molar-refractivity contribution < 1.29 is 9.15 Å². The van der Waals surface area contributed by atoms with Crippen LogP contribution in [0.3, 0.4) is 0 Å². The van der Waals surface area contributed by atoms with E-state index in [9.17, 15) is 0 Å². The second kappa shape index (κ2) is 9.33. The van der Waals surface area contributed by atoms with E-state index in [1.54, 1.807) is 6.20 Å². The van der Waals surface area contributed by atoms with Crippen molar-refractivity contribution in [2.45, 2.75) is 6.54 Å². The Balaban J connectivity index is 0.00000208. The lowest BCUT2D eigenvalue weighted by atomic mass is 10.2. The summed E-state index contributed by atoms with van der Waals surface area (Å²) in [6.07, 6.45) is 1.71. The number of hydrogen-bond donors (Lipinski definition) is 1. The number of nitrogens with zero attached hydrogens (tertiary/aromatic N) is 1. The summed E-state index contributed by atoms with van der Waals surface area (Å²) in [7, 11) is 0. The third-order valence-electron chi connectivity index (χ3n) is 3.24. The molecule has 1 aromatic carbocycles. The van der Waals surface area contributed by atoms with Crippen LogP contribution < -0.4 is 10.1 Å². The minimum absolute atomic E-state index is 0. The van der Waals surface area contributed by atoms with Crippen molar-refractivity contribution in [2.24, 2.45) is 0 Å². The molecule has 0 saturated heterocycles. The molecule has 0 atom stereocenters. The summed E-state index contributed by atoms with van der Waals surface area (Å²) >= 11 is 6.00. The molecule has 0 aliphatic heterocycles. The van der Waals surface area contributed by atoms with Gasteiger partial charge in [0.2, 0.25) is 5.88 Å². The van der Waals surface area contributed by atoms with Crippen LogP contribution in [-0.4, -0.2) is 18.1 Å². The highest BCUT2D eigenvalue weighted by Gasteiger charge is 2.05. The molecule has 0 radical (unpaired) electrons. The first-order chi connectivity index (χ1) is 11.3. The summed E-state index contributed by atoms with van der Waals surface area (Å²) in [4.78, 5) is 4.10. The zero-order valence-corrected chi connectivity index (χ0v) is 14.5. The molecule has 2 aromatic heterocycles. The highest BCUT2D eigenvalue weighted by Crippen LogP contribution is 2.24. The number of ether oxygens (including phenoxy) is 1. The Labute approximate surface area is 152 Å².